The number of aryl methyl sites for hydroxylation is 1. The summed E-state index contributed by atoms with van der Waals surface area (Å²) < 4.78 is 37.8. The summed E-state index contributed by atoms with van der Waals surface area (Å²) in [6, 6.07) is 17.7. The molecule has 1 aromatic heterocycles. The lowest BCUT2D eigenvalue weighted by Gasteiger charge is -2.26. The highest BCUT2D eigenvalue weighted by atomic mass is 19.1. The molecule has 1 aliphatic rings. The number of hydrogen-bond acceptors (Lipinski definition) is 9. The summed E-state index contributed by atoms with van der Waals surface area (Å²) in [6.45, 7) is 7.84. The first-order valence-electron chi connectivity index (χ1n) is 15.4. The van der Waals surface area contributed by atoms with Crippen LogP contribution in [0, 0.1) is 19.7 Å². The molecule has 2 N–H and O–H groups in total. The summed E-state index contributed by atoms with van der Waals surface area (Å²) in [5.74, 6) is 0.273. The minimum Gasteiger partial charge on any atom is -0.497 e. The van der Waals surface area contributed by atoms with E-state index in [1.165, 1.54) is 46.6 Å². The van der Waals surface area contributed by atoms with E-state index >= 15 is 4.39 Å². The molecule has 11 heteroatoms. The van der Waals surface area contributed by atoms with Crippen LogP contribution in [0.1, 0.15) is 36.8 Å². The molecule has 1 fully saturated rings. The summed E-state index contributed by atoms with van der Waals surface area (Å²) in [5.41, 5.74) is 3.31. The van der Waals surface area contributed by atoms with E-state index in [4.69, 9.17) is 18.9 Å². The molecular weight excluding hydrogens is 589 g/mol. The van der Waals surface area contributed by atoms with Gasteiger partial charge in [0, 0.05) is 23.9 Å². The Morgan fingerprint density at radius 2 is 1.70 bits per heavy atom. The van der Waals surface area contributed by atoms with Gasteiger partial charge < -0.3 is 29.2 Å². The van der Waals surface area contributed by atoms with E-state index in [9.17, 15) is 4.79 Å². The molecule has 0 atom stereocenters. The summed E-state index contributed by atoms with van der Waals surface area (Å²) in [6.07, 6.45) is 3.89. The van der Waals surface area contributed by atoms with Gasteiger partial charge in [0.1, 0.15) is 22.9 Å². The van der Waals surface area contributed by atoms with Gasteiger partial charge in [0.15, 0.2) is 0 Å². The number of ether oxygens (including phenoxy) is 4. The molecule has 1 amide bonds. The summed E-state index contributed by atoms with van der Waals surface area (Å²) >= 11 is 0. The Kier molecular flexibility index (Phi) is 10.9. The Bertz CT molecular complexity index is 1640. The van der Waals surface area contributed by atoms with Crippen LogP contribution < -0.4 is 29.6 Å². The molecule has 0 spiro atoms. The fraction of sp³-hybridized carbons (Fsp3) is 0.343. The van der Waals surface area contributed by atoms with Crippen LogP contribution in [0.5, 0.6) is 23.1 Å². The zero-order valence-corrected chi connectivity index (χ0v) is 26.7. The van der Waals surface area contributed by atoms with Gasteiger partial charge >= 0.3 is 6.09 Å². The van der Waals surface area contributed by atoms with Crippen molar-refractivity contribution < 1.29 is 28.1 Å². The van der Waals surface area contributed by atoms with E-state index in [1.54, 1.807) is 24.3 Å². The van der Waals surface area contributed by atoms with Gasteiger partial charge in [-0.3, -0.25) is 5.32 Å². The van der Waals surface area contributed by atoms with E-state index in [1.807, 2.05) is 50.2 Å². The zero-order valence-electron chi connectivity index (χ0n) is 26.7. The normalized spacial score (nSPS) is 13.2. The Morgan fingerprint density at radius 3 is 2.43 bits per heavy atom. The first-order chi connectivity index (χ1) is 22.3. The van der Waals surface area contributed by atoms with Crippen molar-refractivity contribution in [2.75, 3.05) is 51.1 Å². The quantitative estimate of drug-likeness (QED) is 0.154. The molecule has 3 aromatic carbocycles. The van der Waals surface area contributed by atoms with Gasteiger partial charge in [0.25, 0.3) is 5.88 Å². The lowest BCUT2D eigenvalue weighted by Crippen LogP contribution is -2.31. The number of hydrogen-bond donors (Lipinski definition) is 2. The van der Waals surface area contributed by atoms with E-state index in [0.29, 0.717) is 35.0 Å². The fourth-order valence-electron chi connectivity index (χ4n) is 5.29. The predicted molar refractivity (Wildman–Crippen MR) is 176 cm³/mol. The molecular formula is C35H40FN5O5. The molecule has 0 unspecified atom stereocenters. The molecule has 1 aliphatic heterocycles. The number of piperidine rings is 1. The monoisotopic (exact) mass is 629 g/mol. The number of nitrogens with zero attached hydrogens (tertiary/aromatic N) is 3. The van der Waals surface area contributed by atoms with Crippen LogP contribution >= 0.6 is 0 Å². The second-order valence-electron chi connectivity index (χ2n) is 11.1. The highest BCUT2D eigenvalue weighted by Crippen LogP contribution is 2.33. The van der Waals surface area contributed by atoms with Gasteiger partial charge in [-0.25, -0.2) is 9.78 Å². The second-order valence-corrected chi connectivity index (χ2v) is 11.1. The Hall–Kier alpha value is -4.90. The number of aromatic nitrogens is 2. The maximum atomic E-state index is 15.9. The van der Waals surface area contributed by atoms with Crippen molar-refractivity contribution in [1.29, 1.82) is 0 Å². The van der Waals surface area contributed by atoms with Gasteiger partial charge in [-0.1, -0.05) is 24.6 Å². The Balaban J connectivity index is 1.33. The molecule has 46 heavy (non-hydrogen) atoms. The van der Waals surface area contributed by atoms with Crippen LogP contribution in [0.3, 0.4) is 0 Å². The number of amides is 1. The molecule has 0 aliphatic carbocycles. The third-order valence-electron chi connectivity index (χ3n) is 7.96. The van der Waals surface area contributed by atoms with Crippen LogP contribution in [0.2, 0.25) is 0 Å². The predicted octanol–water partition coefficient (Wildman–Crippen LogP) is 7.53. The van der Waals surface area contributed by atoms with Crippen LogP contribution in [-0.4, -0.2) is 61.4 Å². The standard InChI is InChI=1S/C35H40FN5O5/c1-23-10-8-11-28(24(23)2)32-31(36)33(46-35(42)38-29-17-16-27(43-3)22-30(29)44-4)40-34(39-32)37-25-12-14-26(15-13-25)45-21-9-20-41-18-6-5-7-19-41/h8,10-17,22H,5-7,9,18-21H2,1-4H3,(H,38,42)(H,37,39,40). The largest absolute Gasteiger partial charge is 0.497 e. The number of benzene rings is 3. The average Bonchev–Trinajstić information content (AvgIpc) is 3.07. The van der Waals surface area contributed by atoms with Crippen LogP contribution in [-0.2, 0) is 0 Å². The topological polar surface area (TPSA) is 107 Å². The van der Waals surface area contributed by atoms with Crippen molar-refractivity contribution in [3.63, 3.8) is 0 Å². The number of halogens is 1. The van der Waals surface area contributed by atoms with Crippen molar-refractivity contribution in [1.82, 2.24) is 14.9 Å². The average molecular weight is 630 g/mol. The van der Waals surface area contributed by atoms with Gasteiger partial charge in [0.05, 0.1) is 26.5 Å². The molecule has 5 rings (SSSR count). The smallest absolute Gasteiger partial charge is 0.418 e. The third kappa shape index (κ3) is 8.22. The fourth-order valence-corrected chi connectivity index (χ4v) is 5.29. The molecule has 2 heterocycles. The van der Waals surface area contributed by atoms with Crippen molar-refractivity contribution in [3.8, 4) is 34.4 Å². The van der Waals surface area contributed by atoms with Gasteiger partial charge in [0.2, 0.25) is 11.8 Å². The van der Waals surface area contributed by atoms with Gasteiger partial charge in [-0.2, -0.15) is 9.37 Å². The zero-order chi connectivity index (χ0) is 32.5. The minimum atomic E-state index is -0.958. The number of carbonyl (C=O) groups is 1. The van der Waals surface area contributed by atoms with Crippen molar-refractivity contribution in [2.24, 2.45) is 0 Å². The second kappa shape index (κ2) is 15.4. The SMILES string of the molecule is COc1ccc(NC(=O)Oc2nc(Nc3ccc(OCCCN4CCCCC4)cc3)nc(-c3cccc(C)c3C)c2F)c(OC)c1. The third-order valence-corrected chi connectivity index (χ3v) is 7.96. The molecule has 1 saturated heterocycles. The first-order valence-corrected chi connectivity index (χ1v) is 15.4. The summed E-state index contributed by atoms with van der Waals surface area (Å²) in [5, 5.41) is 5.69. The number of carbonyl (C=O) groups excluding carboxylic acids is 1. The highest BCUT2D eigenvalue weighted by molar-refractivity contribution is 5.88. The Labute approximate surface area is 268 Å². The molecule has 10 nitrogen and oxygen atoms in total. The number of likely N-dealkylation sites (tertiary alicyclic amines) is 1. The van der Waals surface area contributed by atoms with Crippen molar-refractivity contribution in [2.45, 2.75) is 39.5 Å². The molecule has 242 valence electrons. The van der Waals surface area contributed by atoms with Crippen LogP contribution in [0.15, 0.2) is 60.7 Å². The first kappa shape index (κ1) is 32.5. The van der Waals surface area contributed by atoms with E-state index < -0.39 is 17.8 Å². The highest BCUT2D eigenvalue weighted by Gasteiger charge is 2.22. The molecule has 4 aromatic rings. The van der Waals surface area contributed by atoms with Crippen molar-refractivity contribution >= 4 is 23.4 Å². The van der Waals surface area contributed by atoms with E-state index in [-0.39, 0.29) is 11.6 Å². The maximum absolute atomic E-state index is 15.9. The van der Waals surface area contributed by atoms with Crippen LogP contribution in [0.25, 0.3) is 11.3 Å². The molecule has 0 bridgehead atoms. The number of rotatable bonds is 12. The Morgan fingerprint density at radius 1 is 0.935 bits per heavy atom. The van der Waals surface area contributed by atoms with Crippen LogP contribution in [0.4, 0.5) is 26.5 Å². The maximum Gasteiger partial charge on any atom is 0.418 e. The van der Waals surface area contributed by atoms with Crippen molar-refractivity contribution in [3.05, 3.63) is 77.6 Å². The number of nitrogens with one attached hydrogen (secondary N) is 2. The summed E-state index contributed by atoms with van der Waals surface area (Å²) in [4.78, 5) is 24.1. The van der Waals surface area contributed by atoms with Gasteiger partial charge in [-0.05, 0) is 93.7 Å². The van der Waals surface area contributed by atoms with E-state index in [2.05, 4.69) is 25.5 Å². The lowest BCUT2D eigenvalue weighted by atomic mass is 10.0. The lowest BCUT2D eigenvalue weighted by molar-refractivity contribution is 0.205. The molecule has 0 radical (unpaired) electrons. The number of anilines is 3. The molecule has 0 saturated carbocycles. The number of methoxy groups -OCH3 is 2. The van der Waals surface area contributed by atoms with E-state index in [0.717, 1.165) is 29.8 Å². The van der Waals surface area contributed by atoms with Gasteiger partial charge in [-0.15, -0.1) is 0 Å². The minimum absolute atomic E-state index is 0.00260. The summed E-state index contributed by atoms with van der Waals surface area (Å²) in [7, 11) is 2.98.